The van der Waals surface area contributed by atoms with Gasteiger partial charge in [0.1, 0.15) is 22.5 Å². The second-order valence-electron chi connectivity index (χ2n) is 6.21. The number of benzene rings is 2. The first-order chi connectivity index (χ1) is 13.1. The van der Waals surface area contributed by atoms with Crippen LogP contribution in [0.4, 0.5) is 0 Å². The third kappa shape index (κ3) is 3.81. The normalized spacial score (nSPS) is 13.8. The zero-order valence-electron chi connectivity index (χ0n) is 14.7. The van der Waals surface area contributed by atoms with Crippen LogP contribution >= 0.6 is 0 Å². The highest BCUT2D eigenvalue weighted by atomic mass is 32.3. The van der Waals surface area contributed by atoms with Crippen molar-refractivity contribution in [2.45, 2.75) is 18.9 Å². The van der Waals surface area contributed by atoms with E-state index in [1.807, 2.05) is 0 Å². The molecule has 1 unspecified atom stereocenters. The lowest BCUT2D eigenvalue weighted by Gasteiger charge is -2.28. The molecule has 8 nitrogen and oxygen atoms in total. The second-order valence-corrected chi connectivity index (χ2v) is 7.23. The monoisotopic (exact) mass is 404 g/mol. The van der Waals surface area contributed by atoms with Crippen LogP contribution in [0, 0.1) is 0 Å². The lowest BCUT2D eigenvalue weighted by molar-refractivity contribution is -0.120. The summed E-state index contributed by atoms with van der Waals surface area (Å²) in [6.45, 7) is 1.21. The Balaban J connectivity index is 2.45. The van der Waals surface area contributed by atoms with Crippen molar-refractivity contribution in [2.75, 3.05) is 0 Å². The molecule has 0 saturated heterocycles. The topological polar surface area (TPSA) is 131 Å². The molecule has 146 valence electrons. The van der Waals surface area contributed by atoms with Crippen LogP contribution in [-0.2, 0) is 20.8 Å². The lowest BCUT2D eigenvalue weighted by atomic mass is 9.82. The second kappa shape index (κ2) is 7.19. The Morgan fingerprint density at radius 2 is 1.71 bits per heavy atom. The van der Waals surface area contributed by atoms with E-state index in [-0.39, 0.29) is 16.5 Å². The lowest BCUT2D eigenvalue weighted by Crippen LogP contribution is -2.36. The van der Waals surface area contributed by atoms with Crippen LogP contribution in [0.5, 0.6) is 5.75 Å². The van der Waals surface area contributed by atoms with Gasteiger partial charge in [0.2, 0.25) is 0 Å². The van der Waals surface area contributed by atoms with Gasteiger partial charge in [0.15, 0.2) is 5.75 Å². The predicted molar refractivity (Wildman–Crippen MR) is 99.4 cm³/mol. The van der Waals surface area contributed by atoms with Gasteiger partial charge in [0.05, 0.1) is 5.39 Å². The van der Waals surface area contributed by atoms with Gasteiger partial charge in [-0.1, -0.05) is 42.5 Å². The summed E-state index contributed by atoms with van der Waals surface area (Å²) in [4.78, 5) is 24.6. The van der Waals surface area contributed by atoms with Gasteiger partial charge >= 0.3 is 16.0 Å². The van der Waals surface area contributed by atoms with Gasteiger partial charge in [0, 0.05) is 6.42 Å². The van der Waals surface area contributed by atoms with Crippen molar-refractivity contribution >= 4 is 27.2 Å². The van der Waals surface area contributed by atoms with Crippen molar-refractivity contribution < 1.29 is 31.5 Å². The van der Waals surface area contributed by atoms with Gasteiger partial charge in [-0.3, -0.25) is 9.35 Å². The fourth-order valence-electron chi connectivity index (χ4n) is 3.08. The molecule has 3 rings (SSSR count). The average molecular weight is 404 g/mol. The fourth-order valence-corrected chi connectivity index (χ4v) is 3.46. The Bertz CT molecular complexity index is 1200. The first-order valence-corrected chi connectivity index (χ1v) is 9.49. The van der Waals surface area contributed by atoms with E-state index in [2.05, 4.69) is 4.18 Å². The van der Waals surface area contributed by atoms with E-state index < -0.39 is 45.1 Å². The predicted octanol–water partition coefficient (Wildman–Crippen LogP) is 2.19. The summed E-state index contributed by atoms with van der Waals surface area (Å²) in [7, 11) is -5.06. The molecule has 2 aromatic carbocycles. The largest absolute Gasteiger partial charge is 0.446 e. The first kappa shape index (κ1) is 19.7. The molecule has 1 aromatic heterocycles. The Hall–Kier alpha value is -3.01. The van der Waals surface area contributed by atoms with E-state index >= 15 is 0 Å². The number of rotatable bonds is 6. The van der Waals surface area contributed by atoms with Crippen LogP contribution in [0.25, 0.3) is 11.0 Å². The molecule has 9 heteroatoms. The molecule has 0 fully saturated rings. The number of Topliss-reactive ketones (excluding diaryl/α,β-unsaturated/α-hetero) is 1. The van der Waals surface area contributed by atoms with Crippen molar-refractivity contribution in [3.05, 3.63) is 76.1 Å². The highest BCUT2D eigenvalue weighted by Crippen LogP contribution is 2.40. The van der Waals surface area contributed by atoms with Gasteiger partial charge < -0.3 is 13.7 Å². The van der Waals surface area contributed by atoms with Crippen LogP contribution in [0.3, 0.4) is 0 Å². The third-order valence-electron chi connectivity index (χ3n) is 4.12. The Kier molecular flexibility index (Phi) is 5.07. The minimum absolute atomic E-state index is 0.0202. The number of aliphatic hydroxyl groups is 1. The number of hydrogen-bond acceptors (Lipinski definition) is 7. The van der Waals surface area contributed by atoms with Crippen LogP contribution < -0.4 is 9.81 Å². The van der Waals surface area contributed by atoms with Gasteiger partial charge in [0.25, 0.3) is 0 Å². The molecule has 0 aliphatic rings. The average Bonchev–Trinajstić information content (AvgIpc) is 2.60. The number of hydrogen-bond donors (Lipinski definition) is 2. The molecule has 0 spiro atoms. The van der Waals surface area contributed by atoms with Crippen molar-refractivity contribution in [3.63, 3.8) is 0 Å². The molecule has 0 amide bonds. The molecular formula is C19H16O8S. The van der Waals surface area contributed by atoms with Crippen molar-refractivity contribution in [2.24, 2.45) is 0 Å². The number of carbonyl (C=O) groups excluding carboxylic acids is 1. The molecule has 28 heavy (non-hydrogen) atoms. The van der Waals surface area contributed by atoms with Crippen LogP contribution in [0.15, 0.2) is 63.8 Å². The molecule has 0 radical (unpaired) electrons. The summed E-state index contributed by atoms with van der Waals surface area (Å²) < 4.78 is 42.0. The minimum atomic E-state index is -5.06. The molecular weight excluding hydrogens is 388 g/mol. The highest BCUT2D eigenvalue weighted by molar-refractivity contribution is 7.81. The first-order valence-electron chi connectivity index (χ1n) is 8.12. The molecule has 0 bridgehead atoms. The molecule has 0 saturated carbocycles. The zero-order valence-corrected chi connectivity index (χ0v) is 15.5. The van der Waals surface area contributed by atoms with E-state index in [0.717, 1.165) is 0 Å². The van der Waals surface area contributed by atoms with E-state index in [1.165, 1.54) is 37.3 Å². The maximum absolute atomic E-state index is 12.7. The van der Waals surface area contributed by atoms with Crippen molar-refractivity contribution in [1.29, 1.82) is 0 Å². The SMILES string of the molecule is CC(=O)CC(O)(c1ccccc1)c1c(OS(=O)(=O)O)c2ccccc2oc1=O. The van der Waals surface area contributed by atoms with Crippen molar-refractivity contribution in [1.82, 2.24) is 0 Å². The zero-order chi connectivity index (χ0) is 20.5. The minimum Gasteiger partial charge on any atom is -0.422 e. The quantitative estimate of drug-likeness (QED) is 0.472. The van der Waals surface area contributed by atoms with Crippen molar-refractivity contribution in [3.8, 4) is 5.75 Å². The van der Waals surface area contributed by atoms with E-state index in [0.29, 0.717) is 0 Å². The smallest absolute Gasteiger partial charge is 0.422 e. The van der Waals surface area contributed by atoms with Gasteiger partial charge in [-0.15, -0.1) is 0 Å². The Labute approximate surface area is 160 Å². The highest BCUT2D eigenvalue weighted by Gasteiger charge is 2.41. The Morgan fingerprint density at radius 3 is 2.32 bits per heavy atom. The van der Waals surface area contributed by atoms with E-state index in [4.69, 9.17) is 4.42 Å². The number of ketones is 1. The van der Waals surface area contributed by atoms with Gasteiger partial charge in [-0.2, -0.15) is 8.42 Å². The molecule has 3 aromatic rings. The maximum atomic E-state index is 12.7. The molecule has 1 atom stereocenters. The van der Waals surface area contributed by atoms with E-state index in [1.54, 1.807) is 24.3 Å². The van der Waals surface area contributed by atoms with Crippen LogP contribution in [0.2, 0.25) is 0 Å². The summed E-state index contributed by atoms with van der Waals surface area (Å²) in [5.74, 6) is -1.08. The number of para-hydroxylation sites is 1. The summed E-state index contributed by atoms with van der Waals surface area (Å²) in [6, 6.07) is 13.6. The standard InChI is InChI=1S/C19H16O8S/c1-12(20)11-19(22,13-7-3-2-4-8-13)16-17(27-28(23,24)25)14-9-5-6-10-15(14)26-18(16)21/h2-10,22H,11H2,1H3,(H,23,24,25). The van der Waals surface area contributed by atoms with Gasteiger partial charge in [-0.05, 0) is 24.6 Å². The third-order valence-corrected chi connectivity index (χ3v) is 4.50. The fraction of sp³-hybridized carbons (Fsp3) is 0.158. The molecule has 2 N–H and O–H groups in total. The summed E-state index contributed by atoms with van der Waals surface area (Å²) >= 11 is 0. The van der Waals surface area contributed by atoms with Gasteiger partial charge in [-0.25, -0.2) is 4.79 Å². The molecule has 0 aliphatic carbocycles. The molecule has 0 aliphatic heterocycles. The van der Waals surface area contributed by atoms with E-state index in [9.17, 15) is 27.7 Å². The van der Waals surface area contributed by atoms with Crippen LogP contribution in [0.1, 0.15) is 24.5 Å². The Morgan fingerprint density at radius 1 is 1.11 bits per heavy atom. The molecule has 1 heterocycles. The summed E-state index contributed by atoms with van der Waals surface area (Å²) in [5, 5.41) is 11.4. The number of carbonyl (C=O) groups is 1. The summed E-state index contributed by atoms with van der Waals surface area (Å²) in [6.07, 6.45) is -0.554. The summed E-state index contributed by atoms with van der Waals surface area (Å²) in [5.41, 5.74) is -3.84. The van der Waals surface area contributed by atoms with Crippen LogP contribution in [-0.4, -0.2) is 23.9 Å². The maximum Gasteiger partial charge on any atom is 0.446 e. The number of fused-ring (bicyclic) bond motifs is 1.